The number of carbonyl (C=O) groups is 4. The van der Waals surface area contributed by atoms with E-state index in [1.165, 1.54) is 9.80 Å². The van der Waals surface area contributed by atoms with Gasteiger partial charge in [0.25, 0.3) is 0 Å². The van der Waals surface area contributed by atoms with Gasteiger partial charge in [0.2, 0.25) is 23.6 Å². The first-order valence-electron chi connectivity index (χ1n) is 13.3. The number of rotatable bonds is 4. The Kier molecular flexibility index (Phi) is 5.16. The van der Waals surface area contributed by atoms with Crippen molar-refractivity contribution in [1.82, 2.24) is 0 Å². The van der Waals surface area contributed by atoms with Crippen molar-refractivity contribution in [2.45, 2.75) is 13.8 Å². The van der Waals surface area contributed by atoms with E-state index >= 15 is 0 Å². The van der Waals surface area contributed by atoms with Crippen LogP contribution in [0, 0.1) is 47.3 Å². The van der Waals surface area contributed by atoms with Gasteiger partial charge in [-0.2, -0.15) is 0 Å². The molecule has 10 nitrogen and oxygen atoms in total. The molecule has 8 rings (SSSR count). The largest absolute Gasteiger partial charge is 0.411 e. The highest BCUT2D eigenvalue weighted by Crippen LogP contribution is 2.68. The Morgan fingerprint density at radius 3 is 1.23 bits per heavy atom. The van der Waals surface area contributed by atoms with Crippen molar-refractivity contribution in [1.29, 1.82) is 0 Å². The van der Waals surface area contributed by atoms with Crippen LogP contribution in [0.4, 0.5) is 11.4 Å². The number of carbonyl (C=O) groups excluding carboxylic acids is 4. The van der Waals surface area contributed by atoms with Gasteiger partial charge >= 0.3 is 0 Å². The Morgan fingerprint density at radius 1 is 0.575 bits per heavy atom. The molecule has 0 radical (unpaired) electrons. The van der Waals surface area contributed by atoms with Crippen molar-refractivity contribution in [3.8, 4) is 0 Å². The normalized spacial score (nSPS) is 34.2. The van der Waals surface area contributed by atoms with Crippen LogP contribution in [0.3, 0.4) is 0 Å². The molecular weight excluding hydrogens is 512 g/mol. The molecule has 0 spiro atoms. The van der Waals surface area contributed by atoms with Crippen LogP contribution in [-0.2, 0) is 19.2 Å². The van der Waals surface area contributed by atoms with Crippen LogP contribution in [0.25, 0.3) is 0 Å². The predicted octanol–water partition coefficient (Wildman–Crippen LogP) is 3.06. The van der Waals surface area contributed by atoms with Crippen molar-refractivity contribution in [2.75, 3.05) is 9.80 Å². The molecule has 2 heterocycles. The third kappa shape index (κ3) is 2.98. The Labute approximate surface area is 229 Å². The van der Waals surface area contributed by atoms with Crippen LogP contribution in [-0.4, -0.2) is 45.5 Å². The number of oxime groups is 2. The molecule has 2 saturated heterocycles. The highest BCUT2D eigenvalue weighted by Gasteiger charge is 2.75. The van der Waals surface area contributed by atoms with Gasteiger partial charge in [0.1, 0.15) is 0 Å². The first-order valence-corrected chi connectivity index (χ1v) is 13.3. The summed E-state index contributed by atoms with van der Waals surface area (Å²) in [6, 6.07) is 13.5. The molecule has 2 aliphatic heterocycles. The van der Waals surface area contributed by atoms with Gasteiger partial charge in [-0.25, -0.2) is 0 Å². The fraction of sp³-hybridized carbons (Fsp3) is 0.333. The molecule has 2 saturated carbocycles. The molecule has 8 atom stereocenters. The van der Waals surface area contributed by atoms with Crippen LogP contribution < -0.4 is 9.80 Å². The Balaban J connectivity index is 1.18. The number of hydrogen-bond acceptors (Lipinski definition) is 8. The molecular formula is C30H26N4O6. The first kappa shape index (κ1) is 24.4. The van der Waals surface area contributed by atoms with Gasteiger partial charge in [-0.05, 0) is 72.9 Å². The molecule has 0 aromatic heterocycles. The third-order valence-electron chi connectivity index (χ3n) is 9.73. The summed E-state index contributed by atoms with van der Waals surface area (Å²) in [6.07, 6.45) is 3.96. The van der Waals surface area contributed by atoms with E-state index in [0.717, 1.165) is 0 Å². The van der Waals surface area contributed by atoms with Crippen LogP contribution in [0.2, 0.25) is 0 Å². The first-order chi connectivity index (χ1) is 19.3. The predicted molar refractivity (Wildman–Crippen MR) is 143 cm³/mol. The van der Waals surface area contributed by atoms with Crippen molar-refractivity contribution in [2.24, 2.45) is 57.7 Å². The van der Waals surface area contributed by atoms with Gasteiger partial charge in [0.05, 0.1) is 46.5 Å². The van der Waals surface area contributed by atoms with Crippen LogP contribution in [0.1, 0.15) is 25.0 Å². The lowest BCUT2D eigenvalue weighted by Gasteiger charge is -2.60. The van der Waals surface area contributed by atoms with Crippen molar-refractivity contribution in [3.05, 3.63) is 71.8 Å². The number of fused-ring (bicyclic) bond motifs is 1. The summed E-state index contributed by atoms with van der Waals surface area (Å²) < 4.78 is 0. The van der Waals surface area contributed by atoms with E-state index in [0.29, 0.717) is 33.9 Å². The van der Waals surface area contributed by atoms with Crippen molar-refractivity contribution in [3.63, 3.8) is 0 Å². The lowest BCUT2D eigenvalue weighted by atomic mass is 9.40. The van der Waals surface area contributed by atoms with Crippen molar-refractivity contribution < 1.29 is 29.6 Å². The Morgan fingerprint density at radius 2 is 0.900 bits per heavy atom. The number of imide groups is 2. The van der Waals surface area contributed by atoms with Gasteiger partial charge in [-0.3, -0.25) is 29.0 Å². The fourth-order valence-corrected chi connectivity index (χ4v) is 7.93. The summed E-state index contributed by atoms with van der Waals surface area (Å²) in [6.45, 7) is 3.30. The quantitative estimate of drug-likeness (QED) is 0.202. The van der Waals surface area contributed by atoms with E-state index in [9.17, 15) is 19.2 Å². The number of benzene rings is 2. The highest BCUT2D eigenvalue weighted by molar-refractivity contribution is 6.25. The lowest BCUT2D eigenvalue weighted by Crippen LogP contribution is -2.63. The van der Waals surface area contributed by atoms with E-state index in [-0.39, 0.29) is 47.3 Å². The zero-order chi connectivity index (χ0) is 28.0. The lowest BCUT2D eigenvalue weighted by molar-refractivity contribution is -0.166. The average Bonchev–Trinajstić information content (AvgIpc) is 3.35. The molecule has 4 fully saturated rings. The molecule has 6 aliphatic rings. The molecule has 2 aromatic rings. The maximum Gasteiger partial charge on any atom is 0.238 e. The number of hydrogen-bond donors (Lipinski definition) is 2. The minimum atomic E-state index is -0.568. The zero-order valence-electron chi connectivity index (χ0n) is 21.7. The minimum absolute atomic E-state index is 0.173. The van der Waals surface area contributed by atoms with Crippen LogP contribution in [0.5, 0.6) is 0 Å². The number of nitrogens with zero attached hydrogens (tertiary/aromatic N) is 4. The van der Waals surface area contributed by atoms with Crippen molar-refractivity contribution >= 4 is 46.4 Å². The van der Waals surface area contributed by atoms with Crippen LogP contribution in [0.15, 0.2) is 71.0 Å². The summed E-state index contributed by atoms with van der Waals surface area (Å²) in [5.74, 6) is -4.20. The summed E-state index contributed by atoms with van der Waals surface area (Å²) in [4.78, 5) is 57.3. The smallest absolute Gasteiger partial charge is 0.238 e. The number of amides is 4. The standard InChI is InChI=1S/C30H26N4O6/c1-13(31-39)15-3-7-17(8-4-15)33-27(35)23-19-11-12-20(24(23)28(33)36)22-21(19)25-26(22)30(38)34(29(25)37)18-9-5-16(6-10-18)14(2)32-40/h3-12,19-26,39-40H,1-2H3/b31-13+,32-14-/t19-,20+,21-,22-,23+,24-,25-,26-/m1/s1. The maximum absolute atomic E-state index is 13.7. The second-order valence-corrected chi connectivity index (χ2v) is 11.3. The highest BCUT2D eigenvalue weighted by atomic mass is 16.4. The number of allylic oxidation sites excluding steroid dienone is 2. The maximum atomic E-state index is 13.7. The summed E-state index contributed by atoms with van der Waals surface area (Å²) in [5.41, 5.74) is 3.08. The summed E-state index contributed by atoms with van der Waals surface area (Å²) in [7, 11) is 0. The van der Waals surface area contributed by atoms with E-state index in [4.69, 9.17) is 10.4 Å². The molecule has 4 aliphatic carbocycles. The molecule has 4 amide bonds. The third-order valence-corrected chi connectivity index (χ3v) is 9.73. The van der Waals surface area contributed by atoms with E-state index in [1.807, 2.05) is 12.2 Å². The second kappa shape index (κ2) is 8.45. The second-order valence-electron chi connectivity index (χ2n) is 11.3. The molecule has 0 unspecified atom stereocenters. The van der Waals surface area contributed by atoms with Gasteiger partial charge in [0.15, 0.2) is 0 Å². The van der Waals surface area contributed by atoms with Gasteiger partial charge in [0, 0.05) is 0 Å². The fourth-order valence-electron chi connectivity index (χ4n) is 7.93. The van der Waals surface area contributed by atoms with Crippen LogP contribution >= 0.6 is 0 Å². The van der Waals surface area contributed by atoms with Gasteiger partial charge < -0.3 is 10.4 Å². The summed E-state index contributed by atoms with van der Waals surface area (Å²) in [5, 5.41) is 24.5. The summed E-state index contributed by atoms with van der Waals surface area (Å²) >= 11 is 0. The molecule has 2 bridgehead atoms. The van der Waals surface area contributed by atoms with Gasteiger partial charge in [-0.1, -0.05) is 46.7 Å². The minimum Gasteiger partial charge on any atom is -0.411 e. The topological polar surface area (TPSA) is 140 Å². The monoisotopic (exact) mass is 538 g/mol. The number of anilines is 2. The average molecular weight is 539 g/mol. The SMILES string of the molecule is C/C(=N/O)c1ccc(N2C(=O)[C@H]3[C@H](C2=O)[C@@H]2[C@H]4C=C[C@H]([C@H]5C(=O)N(c6ccc(/C(C)=N/O)cc6)C(=O)[C@@H]45)[C@@H]32)cc1. The zero-order valence-corrected chi connectivity index (χ0v) is 21.7. The molecule has 2 aromatic carbocycles. The Bertz CT molecular complexity index is 1520. The molecule has 202 valence electrons. The van der Waals surface area contributed by atoms with Gasteiger partial charge in [-0.15, -0.1) is 0 Å². The molecule has 40 heavy (non-hydrogen) atoms. The molecule has 10 heteroatoms. The van der Waals surface area contributed by atoms with E-state index < -0.39 is 23.7 Å². The van der Waals surface area contributed by atoms with E-state index in [2.05, 4.69) is 10.3 Å². The van der Waals surface area contributed by atoms with E-state index in [1.54, 1.807) is 62.4 Å². The molecule has 2 N–H and O–H groups in total. The Hall–Kier alpha value is -4.60.